The molecule has 114 valence electrons. The van der Waals surface area contributed by atoms with Crippen LogP contribution in [-0.4, -0.2) is 14.3 Å². The number of hydrogen-bond acceptors (Lipinski definition) is 3. The van der Waals surface area contributed by atoms with Crippen LogP contribution in [-0.2, 0) is 14.8 Å². The van der Waals surface area contributed by atoms with E-state index in [1.807, 2.05) is 0 Å². The fourth-order valence-electron chi connectivity index (χ4n) is 2.24. The number of amides is 1. The number of benzene rings is 1. The van der Waals surface area contributed by atoms with Crippen LogP contribution in [0.5, 0.6) is 0 Å². The minimum atomic E-state index is -3.75. The predicted molar refractivity (Wildman–Crippen MR) is 85.3 cm³/mol. The zero-order valence-corrected chi connectivity index (χ0v) is 13.8. The van der Waals surface area contributed by atoms with Gasteiger partial charge in [0.05, 0.1) is 10.6 Å². The smallest absolute Gasteiger partial charge is 0.238 e. The molecule has 21 heavy (non-hydrogen) atoms. The second-order valence-corrected chi connectivity index (χ2v) is 7.44. The fraction of sp³-hybridized carbons (Fsp3) is 0.357. The zero-order valence-electron chi connectivity index (χ0n) is 11.4. The minimum Gasteiger partial charge on any atom is -0.325 e. The molecule has 1 amide bonds. The lowest BCUT2D eigenvalue weighted by molar-refractivity contribution is -0.115. The fourth-order valence-corrected chi connectivity index (χ4v) is 3.41. The third-order valence-electron chi connectivity index (χ3n) is 3.32. The molecule has 0 spiro atoms. The van der Waals surface area contributed by atoms with Crippen LogP contribution in [0.25, 0.3) is 0 Å². The van der Waals surface area contributed by atoms with Gasteiger partial charge in [0.2, 0.25) is 15.9 Å². The normalized spacial score (nSPS) is 15.4. The van der Waals surface area contributed by atoms with Gasteiger partial charge in [0.25, 0.3) is 0 Å². The summed E-state index contributed by atoms with van der Waals surface area (Å²) in [6, 6.07) is 4.28. The average Bonchev–Trinajstić information content (AvgIpc) is 2.41. The topological polar surface area (TPSA) is 89.3 Å². The molecule has 0 atom stereocenters. The van der Waals surface area contributed by atoms with Crippen LogP contribution in [0.2, 0.25) is 0 Å². The highest BCUT2D eigenvalue weighted by molar-refractivity contribution is 9.10. The highest BCUT2D eigenvalue weighted by Gasteiger charge is 2.13. The van der Waals surface area contributed by atoms with Crippen LogP contribution >= 0.6 is 15.9 Å². The molecule has 0 unspecified atom stereocenters. The number of hydrogen-bond donors (Lipinski definition) is 2. The Hall–Kier alpha value is -1.18. The minimum absolute atomic E-state index is 0.00219. The van der Waals surface area contributed by atoms with E-state index in [4.69, 9.17) is 5.14 Å². The van der Waals surface area contributed by atoms with Gasteiger partial charge in [0.15, 0.2) is 0 Å². The number of nitrogens with two attached hydrogens (primary N) is 1. The third-order valence-corrected chi connectivity index (χ3v) is 4.88. The van der Waals surface area contributed by atoms with Gasteiger partial charge in [0.1, 0.15) is 0 Å². The third kappa shape index (κ3) is 4.66. The van der Waals surface area contributed by atoms with Crippen molar-refractivity contribution in [2.75, 3.05) is 5.32 Å². The van der Waals surface area contributed by atoms with Crippen molar-refractivity contribution in [3.8, 4) is 0 Å². The summed E-state index contributed by atoms with van der Waals surface area (Å²) < 4.78 is 23.0. The standard InChI is InChI=1S/C14H17BrN2O3S/c15-12-9-11(21(16,19)20)6-7-13(12)17-14(18)8-10-4-2-1-3-5-10/h4,6-7,9H,1-3,5,8H2,(H,17,18)(H2,16,19,20). The van der Waals surface area contributed by atoms with Crippen LogP contribution in [0.4, 0.5) is 5.69 Å². The van der Waals surface area contributed by atoms with Crippen LogP contribution < -0.4 is 10.5 Å². The SMILES string of the molecule is NS(=O)(=O)c1ccc(NC(=O)CC2=CCCCC2)c(Br)c1. The number of anilines is 1. The largest absolute Gasteiger partial charge is 0.325 e. The molecule has 0 radical (unpaired) electrons. The molecule has 0 saturated carbocycles. The van der Waals surface area contributed by atoms with Gasteiger partial charge in [-0.2, -0.15) is 0 Å². The van der Waals surface area contributed by atoms with Crippen LogP contribution in [0, 0.1) is 0 Å². The molecule has 0 saturated heterocycles. The summed E-state index contributed by atoms with van der Waals surface area (Å²) in [5.74, 6) is -0.104. The number of sulfonamides is 1. The molecule has 1 aromatic carbocycles. The van der Waals surface area contributed by atoms with Crippen molar-refractivity contribution in [2.45, 2.75) is 37.0 Å². The molecule has 1 aromatic rings. The van der Waals surface area contributed by atoms with E-state index in [1.165, 1.54) is 24.6 Å². The Morgan fingerprint density at radius 2 is 2.10 bits per heavy atom. The van der Waals surface area contributed by atoms with Gasteiger partial charge in [0, 0.05) is 10.9 Å². The summed E-state index contributed by atoms with van der Waals surface area (Å²) in [6.07, 6.45) is 6.83. The molecule has 0 bridgehead atoms. The molecule has 0 aromatic heterocycles. The van der Waals surface area contributed by atoms with E-state index in [0.29, 0.717) is 16.6 Å². The Kier molecular flexibility index (Phi) is 5.18. The van der Waals surface area contributed by atoms with Gasteiger partial charge in [-0.1, -0.05) is 11.6 Å². The van der Waals surface area contributed by atoms with Gasteiger partial charge < -0.3 is 5.32 Å². The first-order valence-corrected chi connectivity index (χ1v) is 9.00. The number of carbonyl (C=O) groups is 1. The van der Waals surface area contributed by atoms with Crippen molar-refractivity contribution in [1.29, 1.82) is 0 Å². The monoisotopic (exact) mass is 372 g/mol. The molecule has 5 nitrogen and oxygen atoms in total. The maximum Gasteiger partial charge on any atom is 0.238 e. The Morgan fingerprint density at radius 3 is 2.67 bits per heavy atom. The summed E-state index contributed by atoms with van der Waals surface area (Å²) in [5, 5.41) is 7.83. The Balaban J connectivity index is 2.06. The van der Waals surface area contributed by atoms with Crippen molar-refractivity contribution >= 4 is 37.5 Å². The van der Waals surface area contributed by atoms with E-state index in [1.54, 1.807) is 0 Å². The molecule has 2 rings (SSSR count). The van der Waals surface area contributed by atoms with Gasteiger partial charge in [-0.3, -0.25) is 4.79 Å². The summed E-state index contributed by atoms with van der Waals surface area (Å²) in [6.45, 7) is 0. The summed E-state index contributed by atoms with van der Waals surface area (Å²) in [5.41, 5.74) is 1.69. The summed E-state index contributed by atoms with van der Waals surface area (Å²) in [4.78, 5) is 12.0. The highest BCUT2D eigenvalue weighted by Crippen LogP contribution is 2.26. The zero-order chi connectivity index (χ0) is 15.5. The number of primary sulfonamides is 1. The maximum atomic E-state index is 12.0. The molecule has 3 N–H and O–H groups in total. The molecule has 7 heteroatoms. The Bertz CT molecular complexity index is 683. The average molecular weight is 373 g/mol. The van der Waals surface area contributed by atoms with Gasteiger partial charge >= 0.3 is 0 Å². The first-order chi connectivity index (χ1) is 9.86. The van der Waals surface area contributed by atoms with E-state index < -0.39 is 10.0 Å². The molecular formula is C14H17BrN2O3S. The Labute approximate surface area is 132 Å². The van der Waals surface area contributed by atoms with Crippen LogP contribution in [0.15, 0.2) is 39.2 Å². The van der Waals surface area contributed by atoms with Gasteiger partial charge in [-0.25, -0.2) is 13.6 Å². The van der Waals surface area contributed by atoms with E-state index in [9.17, 15) is 13.2 Å². The number of nitrogens with one attached hydrogen (secondary N) is 1. The van der Waals surface area contributed by atoms with E-state index in [2.05, 4.69) is 27.3 Å². The van der Waals surface area contributed by atoms with Crippen molar-refractivity contribution < 1.29 is 13.2 Å². The van der Waals surface area contributed by atoms with Crippen molar-refractivity contribution in [2.24, 2.45) is 5.14 Å². The first-order valence-electron chi connectivity index (χ1n) is 6.66. The molecular weight excluding hydrogens is 356 g/mol. The molecule has 0 heterocycles. The lowest BCUT2D eigenvalue weighted by atomic mass is 9.97. The summed E-state index contributed by atoms with van der Waals surface area (Å²) >= 11 is 3.24. The lowest BCUT2D eigenvalue weighted by Gasteiger charge is -2.13. The molecule has 0 aliphatic heterocycles. The predicted octanol–water partition coefficient (Wildman–Crippen LogP) is 2.93. The van der Waals surface area contributed by atoms with E-state index >= 15 is 0 Å². The van der Waals surface area contributed by atoms with Crippen molar-refractivity contribution in [3.05, 3.63) is 34.3 Å². The highest BCUT2D eigenvalue weighted by atomic mass is 79.9. The second-order valence-electron chi connectivity index (χ2n) is 5.02. The van der Waals surface area contributed by atoms with Crippen molar-refractivity contribution in [1.82, 2.24) is 0 Å². The van der Waals surface area contributed by atoms with Crippen LogP contribution in [0.1, 0.15) is 32.1 Å². The van der Waals surface area contributed by atoms with Crippen LogP contribution in [0.3, 0.4) is 0 Å². The maximum absolute atomic E-state index is 12.0. The Morgan fingerprint density at radius 1 is 1.33 bits per heavy atom. The molecule has 0 fully saturated rings. The lowest BCUT2D eigenvalue weighted by Crippen LogP contribution is -2.15. The summed E-state index contributed by atoms with van der Waals surface area (Å²) in [7, 11) is -3.75. The van der Waals surface area contributed by atoms with Gasteiger partial charge in [-0.15, -0.1) is 0 Å². The van der Waals surface area contributed by atoms with E-state index in [-0.39, 0.29) is 10.8 Å². The molecule has 1 aliphatic carbocycles. The number of carbonyl (C=O) groups excluding carboxylic acids is 1. The van der Waals surface area contributed by atoms with Crippen molar-refractivity contribution in [3.63, 3.8) is 0 Å². The number of allylic oxidation sites excluding steroid dienone is 1. The number of halogens is 1. The quantitative estimate of drug-likeness (QED) is 0.796. The van der Waals surface area contributed by atoms with Gasteiger partial charge in [-0.05, 0) is 59.8 Å². The first kappa shape index (κ1) is 16.2. The number of rotatable bonds is 4. The second kappa shape index (κ2) is 6.72. The molecule has 1 aliphatic rings. The van der Waals surface area contributed by atoms with E-state index in [0.717, 1.165) is 24.8 Å².